The number of hydrogen-bond donors (Lipinski definition) is 2. The second-order valence-electron chi connectivity index (χ2n) is 6.95. The second-order valence-corrected chi connectivity index (χ2v) is 9.46. The number of halogens is 2. The Balaban J connectivity index is 1.51. The first-order valence-electron chi connectivity index (χ1n) is 9.33. The van der Waals surface area contributed by atoms with Crippen molar-refractivity contribution in [3.8, 4) is 11.6 Å². The van der Waals surface area contributed by atoms with Gasteiger partial charge < -0.3 is 10.1 Å². The van der Waals surface area contributed by atoms with Crippen molar-refractivity contribution in [3.05, 3.63) is 76.4 Å². The van der Waals surface area contributed by atoms with Crippen molar-refractivity contribution < 1.29 is 17.9 Å². The van der Waals surface area contributed by atoms with E-state index in [9.17, 15) is 13.2 Å². The van der Waals surface area contributed by atoms with Gasteiger partial charge in [0.25, 0.3) is 15.9 Å². The van der Waals surface area contributed by atoms with Crippen LogP contribution < -0.4 is 14.8 Å². The van der Waals surface area contributed by atoms with Crippen molar-refractivity contribution in [1.29, 1.82) is 0 Å². The molecular formula is C21H17Cl2N3O4S. The molecule has 2 aromatic carbocycles. The molecule has 0 unspecified atom stereocenters. The Kier molecular flexibility index (Phi) is 6.04. The van der Waals surface area contributed by atoms with E-state index >= 15 is 0 Å². The topological polar surface area (TPSA) is 97.4 Å². The number of pyridine rings is 1. The van der Waals surface area contributed by atoms with Crippen LogP contribution in [0.2, 0.25) is 10.2 Å². The summed E-state index contributed by atoms with van der Waals surface area (Å²) in [5.74, 6) is 0.187. The van der Waals surface area contributed by atoms with Gasteiger partial charge in [0, 0.05) is 28.8 Å². The Labute approximate surface area is 189 Å². The van der Waals surface area contributed by atoms with Gasteiger partial charge in [-0.3, -0.25) is 9.52 Å². The average Bonchev–Trinajstić information content (AvgIpc) is 3.52. The first-order valence-corrected chi connectivity index (χ1v) is 11.6. The molecule has 1 aliphatic rings. The third kappa shape index (κ3) is 5.66. The van der Waals surface area contributed by atoms with Crippen molar-refractivity contribution in [3.63, 3.8) is 0 Å². The molecule has 0 radical (unpaired) electrons. The smallest absolute Gasteiger partial charge is 0.261 e. The molecule has 10 heteroatoms. The molecule has 160 valence electrons. The number of anilines is 1. The highest BCUT2D eigenvalue weighted by molar-refractivity contribution is 7.92. The Bertz CT molecular complexity index is 1230. The van der Waals surface area contributed by atoms with Gasteiger partial charge >= 0.3 is 0 Å². The quantitative estimate of drug-likeness (QED) is 0.472. The monoisotopic (exact) mass is 477 g/mol. The molecule has 1 aliphatic carbocycles. The minimum Gasteiger partial charge on any atom is -0.439 e. The maximum atomic E-state index is 12.6. The molecular weight excluding hydrogens is 461 g/mol. The molecule has 3 aromatic rings. The van der Waals surface area contributed by atoms with Crippen molar-refractivity contribution in [2.24, 2.45) is 0 Å². The lowest BCUT2D eigenvalue weighted by molar-refractivity contribution is 0.0950. The molecule has 1 saturated carbocycles. The summed E-state index contributed by atoms with van der Waals surface area (Å²) in [6.07, 6.45) is 1.93. The molecule has 0 saturated heterocycles. The van der Waals surface area contributed by atoms with E-state index in [1.165, 1.54) is 42.5 Å². The van der Waals surface area contributed by atoms with Gasteiger partial charge in [-0.05, 0) is 55.3 Å². The van der Waals surface area contributed by atoms with E-state index in [-0.39, 0.29) is 27.9 Å². The van der Waals surface area contributed by atoms with Crippen LogP contribution in [-0.4, -0.2) is 25.4 Å². The molecule has 1 aromatic heterocycles. The van der Waals surface area contributed by atoms with Crippen LogP contribution in [0.4, 0.5) is 5.69 Å². The highest BCUT2D eigenvalue weighted by Crippen LogP contribution is 2.27. The van der Waals surface area contributed by atoms with Gasteiger partial charge in [-0.25, -0.2) is 13.4 Å². The van der Waals surface area contributed by atoms with Crippen LogP contribution in [0.15, 0.2) is 65.6 Å². The fourth-order valence-electron chi connectivity index (χ4n) is 2.72. The molecule has 0 aliphatic heterocycles. The van der Waals surface area contributed by atoms with E-state index in [4.69, 9.17) is 27.9 Å². The molecule has 1 heterocycles. The molecule has 7 nitrogen and oxygen atoms in total. The lowest BCUT2D eigenvalue weighted by atomic mass is 10.2. The van der Waals surface area contributed by atoms with Gasteiger partial charge in [0.2, 0.25) is 5.88 Å². The number of aromatic nitrogens is 1. The van der Waals surface area contributed by atoms with Crippen LogP contribution in [0.5, 0.6) is 11.6 Å². The lowest BCUT2D eigenvalue weighted by Crippen LogP contribution is -2.25. The number of carbonyl (C=O) groups excluding carboxylic acids is 1. The van der Waals surface area contributed by atoms with Crippen LogP contribution >= 0.6 is 23.2 Å². The normalized spacial score (nSPS) is 13.5. The number of benzene rings is 2. The Morgan fingerprint density at radius 1 is 1.03 bits per heavy atom. The van der Waals surface area contributed by atoms with E-state index in [1.807, 2.05) is 0 Å². The summed E-state index contributed by atoms with van der Waals surface area (Å²) in [6.45, 7) is 0. The van der Waals surface area contributed by atoms with Crippen LogP contribution in [0.3, 0.4) is 0 Å². The average molecular weight is 478 g/mol. The van der Waals surface area contributed by atoms with E-state index in [0.717, 1.165) is 12.8 Å². The summed E-state index contributed by atoms with van der Waals surface area (Å²) < 4.78 is 33.3. The summed E-state index contributed by atoms with van der Waals surface area (Å²) in [7, 11) is -3.80. The second kappa shape index (κ2) is 8.74. The standard InChI is InChI=1S/C21H17Cl2N3O4S/c22-14-4-8-18(9-5-14)31(28,29)26-16-2-1-3-17(12-16)30-20-11-13(10-19(23)25-20)21(27)24-15-6-7-15/h1-5,8-12,15,26H,6-7H2,(H,24,27). The summed E-state index contributed by atoms with van der Waals surface area (Å²) in [4.78, 5) is 16.4. The Morgan fingerprint density at radius 3 is 2.48 bits per heavy atom. The van der Waals surface area contributed by atoms with Gasteiger partial charge in [0.1, 0.15) is 10.9 Å². The third-order valence-electron chi connectivity index (χ3n) is 4.38. The molecule has 0 atom stereocenters. The van der Waals surface area contributed by atoms with Gasteiger partial charge in [-0.15, -0.1) is 0 Å². The zero-order valence-corrected chi connectivity index (χ0v) is 18.3. The predicted molar refractivity (Wildman–Crippen MR) is 119 cm³/mol. The largest absolute Gasteiger partial charge is 0.439 e. The maximum absolute atomic E-state index is 12.6. The van der Waals surface area contributed by atoms with Gasteiger partial charge in [0.15, 0.2) is 0 Å². The summed E-state index contributed by atoms with van der Waals surface area (Å²) in [5, 5.41) is 3.42. The predicted octanol–water partition coefficient (Wildman–Crippen LogP) is 4.87. The van der Waals surface area contributed by atoms with Crippen molar-refractivity contribution >= 4 is 44.8 Å². The number of rotatable bonds is 7. The maximum Gasteiger partial charge on any atom is 0.261 e. The number of nitrogens with one attached hydrogen (secondary N) is 2. The zero-order chi connectivity index (χ0) is 22.0. The van der Waals surface area contributed by atoms with E-state index in [2.05, 4.69) is 15.0 Å². The van der Waals surface area contributed by atoms with E-state index in [0.29, 0.717) is 22.0 Å². The first kappa shape index (κ1) is 21.4. The summed E-state index contributed by atoms with van der Waals surface area (Å²) in [6, 6.07) is 15.3. The van der Waals surface area contributed by atoms with Crippen LogP contribution in [0.1, 0.15) is 23.2 Å². The highest BCUT2D eigenvalue weighted by Gasteiger charge is 2.24. The van der Waals surface area contributed by atoms with Crippen LogP contribution in [0, 0.1) is 0 Å². The molecule has 0 bridgehead atoms. The number of hydrogen-bond acceptors (Lipinski definition) is 5. The first-order chi connectivity index (χ1) is 14.8. The minimum atomic E-state index is -3.80. The fraction of sp³-hybridized carbons (Fsp3) is 0.143. The van der Waals surface area contributed by atoms with Crippen LogP contribution in [-0.2, 0) is 10.0 Å². The van der Waals surface area contributed by atoms with Crippen LogP contribution in [0.25, 0.3) is 0 Å². The number of amides is 1. The SMILES string of the molecule is O=C(NC1CC1)c1cc(Cl)nc(Oc2cccc(NS(=O)(=O)c3ccc(Cl)cc3)c2)c1. The summed E-state index contributed by atoms with van der Waals surface area (Å²) >= 11 is 11.9. The molecule has 4 rings (SSSR count). The van der Waals surface area contributed by atoms with E-state index < -0.39 is 10.0 Å². The number of sulfonamides is 1. The van der Waals surface area contributed by atoms with Crippen molar-refractivity contribution in [2.45, 2.75) is 23.8 Å². The molecule has 1 amide bonds. The number of carbonyl (C=O) groups is 1. The molecule has 2 N–H and O–H groups in total. The lowest BCUT2D eigenvalue weighted by Gasteiger charge is -2.11. The van der Waals surface area contributed by atoms with Crippen molar-refractivity contribution in [2.75, 3.05) is 4.72 Å². The third-order valence-corrected chi connectivity index (χ3v) is 6.22. The van der Waals surface area contributed by atoms with E-state index in [1.54, 1.807) is 18.2 Å². The van der Waals surface area contributed by atoms with Gasteiger partial charge in [0.05, 0.1) is 10.6 Å². The van der Waals surface area contributed by atoms with Gasteiger partial charge in [-0.2, -0.15) is 0 Å². The Hall–Kier alpha value is -2.81. The highest BCUT2D eigenvalue weighted by atomic mass is 35.5. The molecule has 0 spiro atoms. The fourth-order valence-corrected chi connectivity index (χ4v) is 4.10. The number of ether oxygens (including phenoxy) is 1. The molecule has 31 heavy (non-hydrogen) atoms. The zero-order valence-electron chi connectivity index (χ0n) is 16.0. The Morgan fingerprint density at radius 2 is 1.77 bits per heavy atom. The minimum absolute atomic E-state index is 0.0750. The van der Waals surface area contributed by atoms with Crippen molar-refractivity contribution in [1.82, 2.24) is 10.3 Å². The van der Waals surface area contributed by atoms with Gasteiger partial charge in [-0.1, -0.05) is 29.3 Å². The summed E-state index contributed by atoms with van der Waals surface area (Å²) in [5.41, 5.74) is 0.627. The molecule has 1 fully saturated rings. The number of nitrogens with zero attached hydrogens (tertiary/aromatic N) is 1.